The van der Waals surface area contributed by atoms with Gasteiger partial charge in [0.05, 0.1) is 6.26 Å². The van der Waals surface area contributed by atoms with Gasteiger partial charge in [0.15, 0.2) is 17.4 Å². The van der Waals surface area contributed by atoms with E-state index in [0.29, 0.717) is 23.9 Å². The van der Waals surface area contributed by atoms with Crippen LogP contribution in [0, 0.1) is 0 Å². The number of nitrogens with two attached hydrogens (primary N) is 1. The topological polar surface area (TPSA) is 109 Å². The number of anilines is 4. The molecule has 2 heterocycles. The van der Waals surface area contributed by atoms with E-state index in [9.17, 15) is 4.79 Å². The van der Waals surface area contributed by atoms with E-state index in [1.54, 1.807) is 12.1 Å². The van der Waals surface area contributed by atoms with Crippen LogP contribution in [0.25, 0.3) is 0 Å². The molecule has 0 aliphatic rings. The van der Waals surface area contributed by atoms with Gasteiger partial charge in [-0.15, -0.1) is 0 Å². The van der Waals surface area contributed by atoms with Crippen LogP contribution in [0.5, 0.6) is 0 Å². The first kappa shape index (κ1) is 16.3. The number of benzene rings is 1. The van der Waals surface area contributed by atoms with Gasteiger partial charge in [0.2, 0.25) is 0 Å². The molecule has 1 aromatic carbocycles. The summed E-state index contributed by atoms with van der Waals surface area (Å²) in [6.07, 6.45) is 2.81. The molecule has 0 fully saturated rings. The van der Waals surface area contributed by atoms with Gasteiger partial charge in [-0.1, -0.05) is 18.2 Å². The summed E-state index contributed by atoms with van der Waals surface area (Å²) in [5.41, 5.74) is 12.7. The first-order valence-electron chi connectivity index (χ1n) is 7.73. The molecule has 128 valence electrons. The fourth-order valence-corrected chi connectivity index (χ4v) is 2.35. The molecule has 0 spiro atoms. The zero-order chi connectivity index (χ0) is 17.6. The van der Waals surface area contributed by atoms with Crippen molar-refractivity contribution < 1.29 is 9.21 Å². The third kappa shape index (κ3) is 3.52. The SMILES string of the molecule is CCN(c1ccccc1)c1ncnc(NNC(=O)c2ccco2)c1N. The first-order valence-corrected chi connectivity index (χ1v) is 7.73. The third-order valence-electron chi connectivity index (χ3n) is 3.54. The number of para-hydroxylation sites is 1. The molecule has 0 unspecified atom stereocenters. The van der Waals surface area contributed by atoms with Crippen molar-refractivity contribution in [1.82, 2.24) is 15.4 Å². The molecule has 0 aliphatic carbocycles. The van der Waals surface area contributed by atoms with Gasteiger partial charge in [0.1, 0.15) is 12.0 Å². The van der Waals surface area contributed by atoms with E-state index >= 15 is 0 Å². The normalized spacial score (nSPS) is 10.3. The van der Waals surface area contributed by atoms with Crippen LogP contribution in [0.3, 0.4) is 0 Å². The Labute approximate surface area is 144 Å². The quantitative estimate of drug-likeness (QED) is 0.593. The average molecular weight is 338 g/mol. The van der Waals surface area contributed by atoms with Crippen molar-refractivity contribution in [2.75, 3.05) is 22.6 Å². The highest BCUT2D eigenvalue weighted by molar-refractivity contribution is 5.92. The maximum atomic E-state index is 11.9. The maximum Gasteiger partial charge on any atom is 0.305 e. The Hall–Kier alpha value is -3.55. The van der Waals surface area contributed by atoms with Gasteiger partial charge in [0.25, 0.3) is 0 Å². The lowest BCUT2D eigenvalue weighted by atomic mass is 10.2. The van der Waals surface area contributed by atoms with Crippen LogP contribution in [-0.2, 0) is 0 Å². The summed E-state index contributed by atoms with van der Waals surface area (Å²) >= 11 is 0. The zero-order valence-corrected chi connectivity index (χ0v) is 13.6. The molecule has 0 radical (unpaired) electrons. The number of hydrogen-bond donors (Lipinski definition) is 3. The predicted molar refractivity (Wildman–Crippen MR) is 95.4 cm³/mol. The monoisotopic (exact) mass is 338 g/mol. The minimum Gasteiger partial charge on any atom is -0.459 e. The molecular formula is C17H18N6O2. The summed E-state index contributed by atoms with van der Waals surface area (Å²) < 4.78 is 5.03. The second-order valence-electron chi connectivity index (χ2n) is 5.10. The smallest absolute Gasteiger partial charge is 0.305 e. The van der Waals surface area contributed by atoms with Gasteiger partial charge >= 0.3 is 5.91 Å². The molecule has 3 aromatic rings. The molecule has 4 N–H and O–H groups in total. The summed E-state index contributed by atoms with van der Waals surface area (Å²) in [5.74, 6) is 0.609. The lowest BCUT2D eigenvalue weighted by Crippen LogP contribution is -2.30. The standard InChI is InChI=1S/C17H18N6O2/c1-2-23(12-7-4-3-5-8-12)16-14(18)15(19-11-20-16)21-22-17(24)13-9-6-10-25-13/h3-11H,2,18H2,1H3,(H,22,24)(H,19,20,21). The fourth-order valence-electron chi connectivity index (χ4n) is 2.35. The molecular weight excluding hydrogens is 320 g/mol. The highest BCUT2D eigenvalue weighted by Crippen LogP contribution is 2.31. The molecule has 0 aliphatic heterocycles. The van der Waals surface area contributed by atoms with Gasteiger partial charge in [-0.05, 0) is 31.2 Å². The van der Waals surface area contributed by atoms with Gasteiger partial charge < -0.3 is 15.1 Å². The Kier molecular flexibility index (Phi) is 4.79. The molecule has 8 heteroatoms. The summed E-state index contributed by atoms with van der Waals surface area (Å²) in [5, 5.41) is 0. The zero-order valence-electron chi connectivity index (χ0n) is 13.6. The lowest BCUT2D eigenvalue weighted by molar-refractivity contribution is 0.0935. The molecule has 3 rings (SSSR count). The summed E-state index contributed by atoms with van der Waals surface area (Å²) in [6.45, 7) is 2.67. The third-order valence-corrected chi connectivity index (χ3v) is 3.54. The van der Waals surface area contributed by atoms with Gasteiger partial charge in [0, 0.05) is 12.2 Å². The van der Waals surface area contributed by atoms with Crippen LogP contribution in [0.15, 0.2) is 59.5 Å². The van der Waals surface area contributed by atoms with Gasteiger partial charge in [-0.2, -0.15) is 0 Å². The van der Waals surface area contributed by atoms with E-state index in [1.807, 2.05) is 42.2 Å². The molecule has 8 nitrogen and oxygen atoms in total. The van der Waals surface area contributed by atoms with E-state index in [4.69, 9.17) is 10.2 Å². The van der Waals surface area contributed by atoms with Crippen LogP contribution in [0.1, 0.15) is 17.5 Å². The Bertz CT molecular complexity index is 836. The maximum absolute atomic E-state index is 11.9. The van der Waals surface area contributed by atoms with Crippen LogP contribution in [0.2, 0.25) is 0 Å². The molecule has 0 saturated carbocycles. The van der Waals surface area contributed by atoms with E-state index in [2.05, 4.69) is 20.8 Å². The number of carbonyl (C=O) groups is 1. The number of rotatable bonds is 6. The van der Waals surface area contributed by atoms with Crippen LogP contribution >= 0.6 is 0 Å². The number of nitrogen functional groups attached to an aromatic ring is 1. The highest BCUT2D eigenvalue weighted by Gasteiger charge is 2.16. The summed E-state index contributed by atoms with van der Waals surface area (Å²) in [7, 11) is 0. The van der Waals surface area contributed by atoms with Crippen molar-refractivity contribution in [1.29, 1.82) is 0 Å². The van der Waals surface area contributed by atoms with E-state index in [1.165, 1.54) is 12.6 Å². The Morgan fingerprint density at radius 2 is 2.00 bits per heavy atom. The summed E-state index contributed by atoms with van der Waals surface area (Å²) in [6, 6.07) is 13.0. The van der Waals surface area contributed by atoms with Crippen molar-refractivity contribution >= 4 is 28.9 Å². The van der Waals surface area contributed by atoms with E-state index in [0.717, 1.165) is 5.69 Å². The molecule has 2 aromatic heterocycles. The molecule has 25 heavy (non-hydrogen) atoms. The van der Waals surface area contributed by atoms with Crippen molar-refractivity contribution in [2.45, 2.75) is 6.92 Å². The number of hydrazine groups is 1. The average Bonchev–Trinajstić information content (AvgIpc) is 3.18. The fraction of sp³-hybridized carbons (Fsp3) is 0.118. The Balaban J connectivity index is 1.81. The molecule has 0 bridgehead atoms. The number of hydrogen-bond acceptors (Lipinski definition) is 7. The predicted octanol–water partition coefficient (Wildman–Crippen LogP) is 2.57. The minimum atomic E-state index is -0.431. The number of nitrogens with zero attached hydrogens (tertiary/aromatic N) is 3. The Morgan fingerprint density at radius 1 is 1.20 bits per heavy atom. The second-order valence-corrected chi connectivity index (χ2v) is 5.10. The van der Waals surface area contributed by atoms with Gasteiger partial charge in [-0.3, -0.25) is 15.6 Å². The molecule has 0 saturated heterocycles. The number of carbonyl (C=O) groups excluding carboxylic acids is 1. The van der Waals surface area contributed by atoms with Crippen molar-refractivity contribution in [3.63, 3.8) is 0 Å². The number of furan rings is 1. The van der Waals surface area contributed by atoms with E-state index in [-0.39, 0.29) is 5.76 Å². The van der Waals surface area contributed by atoms with Crippen LogP contribution < -0.4 is 21.5 Å². The van der Waals surface area contributed by atoms with Crippen molar-refractivity contribution in [2.24, 2.45) is 0 Å². The second kappa shape index (κ2) is 7.35. The highest BCUT2D eigenvalue weighted by atomic mass is 16.3. The van der Waals surface area contributed by atoms with Crippen molar-refractivity contribution in [3.05, 3.63) is 60.8 Å². The van der Waals surface area contributed by atoms with Crippen molar-refractivity contribution in [3.8, 4) is 0 Å². The minimum absolute atomic E-state index is 0.180. The van der Waals surface area contributed by atoms with E-state index < -0.39 is 5.91 Å². The number of aromatic nitrogens is 2. The first-order chi connectivity index (χ1) is 12.2. The van der Waals surface area contributed by atoms with Crippen LogP contribution in [-0.4, -0.2) is 22.4 Å². The molecule has 0 atom stereocenters. The Morgan fingerprint density at radius 3 is 2.68 bits per heavy atom. The lowest BCUT2D eigenvalue weighted by Gasteiger charge is -2.24. The molecule has 1 amide bonds. The van der Waals surface area contributed by atoms with Gasteiger partial charge in [-0.25, -0.2) is 9.97 Å². The summed E-state index contributed by atoms with van der Waals surface area (Å²) in [4.78, 5) is 22.2. The number of amides is 1. The largest absolute Gasteiger partial charge is 0.459 e. The van der Waals surface area contributed by atoms with Crippen LogP contribution in [0.4, 0.5) is 23.0 Å². The number of nitrogens with one attached hydrogen (secondary N) is 2.